The van der Waals surface area contributed by atoms with E-state index in [1.54, 1.807) is 28.4 Å². The highest BCUT2D eigenvalue weighted by Gasteiger charge is 2.18. The summed E-state index contributed by atoms with van der Waals surface area (Å²) < 4.78 is 8.84. The molecule has 0 saturated carbocycles. The zero-order valence-corrected chi connectivity index (χ0v) is 19.3. The van der Waals surface area contributed by atoms with Crippen molar-refractivity contribution in [3.8, 4) is 11.4 Å². The first-order valence-electron chi connectivity index (χ1n) is 10.9. The van der Waals surface area contributed by atoms with Crippen LogP contribution in [0.15, 0.2) is 53.3 Å². The van der Waals surface area contributed by atoms with E-state index < -0.39 is 0 Å². The van der Waals surface area contributed by atoms with Crippen molar-refractivity contribution < 1.29 is 9.53 Å². The van der Waals surface area contributed by atoms with Gasteiger partial charge in [0.25, 0.3) is 5.56 Å². The number of benzene rings is 2. The number of nitrogens with zero attached hydrogens (tertiary/aromatic N) is 4. The van der Waals surface area contributed by atoms with E-state index in [0.29, 0.717) is 34.9 Å². The van der Waals surface area contributed by atoms with Crippen LogP contribution in [0.2, 0.25) is 0 Å². The first-order valence-corrected chi connectivity index (χ1v) is 10.9. The van der Waals surface area contributed by atoms with Gasteiger partial charge < -0.3 is 10.1 Å². The van der Waals surface area contributed by atoms with Crippen LogP contribution in [-0.2, 0) is 18.3 Å². The van der Waals surface area contributed by atoms with Crippen LogP contribution in [0.4, 0.5) is 5.69 Å². The number of carbonyl (C=O) groups excluding carboxylic acids is 1. The number of rotatable bonds is 7. The van der Waals surface area contributed by atoms with Gasteiger partial charge in [0.1, 0.15) is 17.0 Å². The molecular formula is C25H27N5O3. The summed E-state index contributed by atoms with van der Waals surface area (Å²) in [5, 5.41) is 7.47. The highest BCUT2D eigenvalue weighted by molar-refractivity contribution is 5.92. The van der Waals surface area contributed by atoms with Crippen molar-refractivity contribution in [2.24, 2.45) is 7.05 Å². The van der Waals surface area contributed by atoms with Gasteiger partial charge in [-0.3, -0.25) is 14.2 Å². The minimum atomic E-state index is -0.238. The van der Waals surface area contributed by atoms with E-state index in [4.69, 9.17) is 4.74 Å². The third kappa shape index (κ3) is 4.50. The second kappa shape index (κ2) is 9.28. The van der Waals surface area contributed by atoms with Gasteiger partial charge in [-0.25, -0.2) is 9.67 Å². The quantitative estimate of drug-likeness (QED) is 0.468. The average molecular weight is 446 g/mol. The third-order valence-corrected chi connectivity index (χ3v) is 5.45. The van der Waals surface area contributed by atoms with Crippen LogP contribution in [0.3, 0.4) is 0 Å². The molecule has 1 N–H and O–H groups in total. The van der Waals surface area contributed by atoms with E-state index in [0.717, 1.165) is 16.9 Å². The SMILES string of the molecule is CCOc1ccccc1NC(=O)CCc1nc2c(C)nn(-c3ccc(C)cc3)c2n(C)c1=O. The molecule has 8 heteroatoms. The lowest BCUT2D eigenvalue weighted by Gasteiger charge is -2.11. The van der Waals surface area contributed by atoms with Gasteiger partial charge in [-0.15, -0.1) is 0 Å². The second-order valence-electron chi connectivity index (χ2n) is 7.90. The van der Waals surface area contributed by atoms with Crippen LogP contribution < -0.4 is 15.6 Å². The number of fused-ring (bicyclic) bond motifs is 1. The fourth-order valence-corrected chi connectivity index (χ4v) is 3.74. The molecule has 2 heterocycles. The molecule has 170 valence electrons. The molecule has 4 rings (SSSR count). The van der Waals surface area contributed by atoms with Crippen LogP contribution in [0, 0.1) is 13.8 Å². The summed E-state index contributed by atoms with van der Waals surface area (Å²) in [5.41, 5.74) is 4.70. The van der Waals surface area contributed by atoms with Crippen molar-refractivity contribution in [2.75, 3.05) is 11.9 Å². The van der Waals surface area contributed by atoms with Crippen molar-refractivity contribution in [2.45, 2.75) is 33.6 Å². The monoisotopic (exact) mass is 445 g/mol. The molecular weight excluding hydrogens is 418 g/mol. The van der Waals surface area contributed by atoms with Gasteiger partial charge in [0.15, 0.2) is 5.65 Å². The Balaban J connectivity index is 1.59. The number of amides is 1. The summed E-state index contributed by atoms with van der Waals surface area (Å²) in [6.45, 7) is 6.28. The molecule has 0 aliphatic heterocycles. The Morgan fingerprint density at radius 1 is 1.09 bits per heavy atom. The molecule has 8 nitrogen and oxygen atoms in total. The number of para-hydroxylation sites is 2. The molecule has 0 unspecified atom stereocenters. The lowest BCUT2D eigenvalue weighted by Crippen LogP contribution is -2.25. The fraction of sp³-hybridized carbons (Fsp3) is 0.280. The second-order valence-corrected chi connectivity index (χ2v) is 7.90. The van der Waals surface area contributed by atoms with Gasteiger partial charge >= 0.3 is 0 Å². The van der Waals surface area contributed by atoms with E-state index in [-0.39, 0.29) is 24.3 Å². The first kappa shape index (κ1) is 22.3. The van der Waals surface area contributed by atoms with Crippen molar-refractivity contribution in [3.63, 3.8) is 0 Å². The van der Waals surface area contributed by atoms with Gasteiger partial charge in [-0.2, -0.15) is 5.10 Å². The Bertz CT molecular complexity index is 1370. The van der Waals surface area contributed by atoms with Crippen LogP contribution in [0.1, 0.15) is 30.3 Å². The Morgan fingerprint density at radius 2 is 1.82 bits per heavy atom. The summed E-state index contributed by atoms with van der Waals surface area (Å²) in [6.07, 6.45) is 0.347. The maximum Gasteiger partial charge on any atom is 0.273 e. The van der Waals surface area contributed by atoms with Crippen molar-refractivity contribution >= 4 is 22.8 Å². The van der Waals surface area contributed by atoms with Gasteiger partial charge in [0.05, 0.1) is 23.7 Å². The van der Waals surface area contributed by atoms with Gasteiger partial charge in [-0.05, 0) is 45.0 Å². The van der Waals surface area contributed by atoms with E-state index >= 15 is 0 Å². The first-order chi connectivity index (χ1) is 15.9. The molecule has 33 heavy (non-hydrogen) atoms. The van der Waals surface area contributed by atoms with E-state index in [9.17, 15) is 9.59 Å². The number of hydrogen-bond acceptors (Lipinski definition) is 5. The Hall–Kier alpha value is -3.94. The highest BCUT2D eigenvalue weighted by atomic mass is 16.5. The summed E-state index contributed by atoms with van der Waals surface area (Å²) in [7, 11) is 1.71. The lowest BCUT2D eigenvalue weighted by atomic mass is 10.2. The lowest BCUT2D eigenvalue weighted by molar-refractivity contribution is -0.116. The standard InChI is InChI=1S/C25H27N5O3/c1-5-33-21-9-7-6-8-19(21)26-22(31)15-14-20-25(32)29(4)24-23(27-20)17(3)28-30(24)18-12-10-16(2)11-13-18/h6-13H,5,14-15H2,1-4H3,(H,26,31). The number of hydrogen-bond donors (Lipinski definition) is 1. The molecule has 4 aromatic rings. The number of anilines is 1. The highest BCUT2D eigenvalue weighted by Crippen LogP contribution is 2.24. The molecule has 0 atom stereocenters. The minimum Gasteiger partial charge on any atom is -0.492 e. The molecule has 0 spiro atoms. The number of carbonyl (C=O) groups is 1. The van der Waals surface area contributed by atoms with E-state index in [1.165, 1.54) is 0 Å². The van der Waals surface area contributed by atoms with E-state index in [1.807, 2.05) is 57.2 Å². The zero-order valence-electron chi connectivity index (χ0n) is 19.3. The molecule has 2 aromatic heterocycles. The minimum absolute atomic E-state index is 0.124. The van der Waals surface area contributed by atoms with Gasteiger partial charge in [-0.1, -0.05) is 29.8 Å². The summed E-state index contributed by atoms with van der Waals surface area (Å²) in [5.74, 6) is 0.404. The predicted molar refractivity (Wildman–Crippen MR) is 128 cm³/mol. The zero-order chi connectivity index (χ0) is 23.5. The smallest absolute Gasteiger partial charge is 0.273 e. The molecule has 0 aliphatic rings. The van der Waals surface area contributed by atoms with Crippen LogP contribution in [0.25, 0.3) is 16.9 Å². The largest absolute Gasteiger partial charge is 0.492 e. The summed E-state index contributed by atoms with van der Waals surface area (Å²) >= 11 is 0. The van der Waals surface area contributed by atoms with Crippen molar-refractivity contribution in [1.29, 1.82) is 0 Å². The maximum absolute atomic E-state index is 13.0. The number of nitrogens with one attached hydrogen (secondary N) is 1. The van der Waals surface area contributed by atoms with Crippen molar-refractivity contribution in [1.82, 2.24) is 19.3 Å². The van der Waals surface area contributed by atoms with Crippen LogP contribution >= 0.6 is 0 Å². The van der Waals surface area contributed by atoms with Gasteiger partial charge in [0, 0.05) is 19.9 Å². The number of ether oxygens (including phenoxy) is 1. The fourth-order valence-electron chi connectivity index (χ4n) is 3.74. The number of aromatic nitrogens is 4. The van der Waals surface area contributed by atoms with Gasteiger partial charge in [0.2, 0.25) is 5.91 Å². The Kier molecular flexibility index (Phi) is 6.26. The number of aryl methyl sites for hydroxylation is 4. The topological polar surface area (TPSA) is 91.0 Å². The maximum atomic E-state index is 13.0. The van der Waals surface area contributed by atoms with Crippen LogP contribution in [0.5, 0.6) is 5.75 Å². The molecule has 0 radical (unpaired) electrons. The van der Waals surface area contributed by atoms with Crippen molar-refractivity contribution in [3.05, 3.63) is 75.8 Å². The molecule has 1 amide bonds. The van der Waals surface area contributed by atoms with Crippen LogP contribution in [-0.4, -0.2) is 31.8 Å². The molecule has 0 saturated heterocycles. The molecule has 0 fully saturated rings. The average Bonchev–Trinajstić information content (AvgIpc) is 3.13. The third-order valence-electron chi connectivity index (χ3n) is 5.45. The predicted octanol–water partition coefficient (Wildman–Crippen LogP) is 3.71. The normalized spacial score (nSPS) is 11.0. The Morgan fingerprint density at radius 3 is 2.55 bits per heavy atom. The summed E-state index contributed by atoms with van der Waals surface area (Å²) in [6, 6.07) is 15.2. The molecule has 2 aromatic carbocycles. The summed E-state index contributed by atoms with van der Waals surface area (Å²) in [4.78, 5) is 30.2. The van der Waals surface area contributed by atoms with E-state index in [2.05, 4.69) is 15.4 Å². The molecule has 0 aliphatic carbocycles. The Labute approximate surface area is 191 Å². The molecule has 0 bridgehead atoms.